The standard InChI is InChI=1S/C20H22F2N2O2.ClH/c1-26-14-5-7-15(18(22)11-14)13-4-6-16(17(21)10-13)19(25)24-20(12-23)8-2-3-9-20;/h4-7,10-11H,2-3,8-9,12,23H2,1H3,(H,24,25);1H. The number of ether oxygens (including phenoxy) is 1. The van der Waals surface area contributed by atoms with Crippen LogP contribution in [0.3, 0.4) is 0 Å². The predicted octanol–water partition coefficient (Wildman–Crippen LogP) is 4.06. The van der Waals surface area contributed by atoms with E-state index < -0.39 is 23.1 Å². The van der Waals surface area contributed by atoms with Gasteiger partial charge in [-0.3, -0.25) is 4.79 Å². The number of nitrogens with one attached hydrogen (secondary N) is 1. The second-order valence-electron chi connectivity index (χ2n) is 6.69. The van der Waals surface area contributed by atoms with Gasteiger partial charge in [-0.1, -0.05) is 18.9 Å². The topological polar surface area (TPSA) is 64.3 Å². The first kappa shape index (κ1) is 21.1. The molecule has 0 saturated heterocycles. The van der Waals surface area contributed by atoms with Gasteiger partial charge in [0.25, 0.3) is 5.91 Å². The zero-order valence-electron chi connectivity index (χ0n) is 15.1. The van der Waals surface area contributed by atoms with Crippen LogP contribution in [0.1, 0.15) is 36.0 Å². The van der Waals surface area contributed by atoms with Gasteiger partial charge in [-0.15, -0.1) is 12.4 Å². The summed E-state index contributed by atoms with van der Waals surface area (Å²) in [5.41, 5.74) is 5.89. The van der Waals surface area contributed by atoms with Crippen LogP contribution >= 0.6 is 12.4 Å². The van der Waals surface area contributed by atoms with Crippen LogP contribution in [0.15, 0.2) is 36.4 Å². The minimum atomic E-state index is -0.694. The highest BCUT2D eigenvalue weighted by molar-refractivity contribution is 5.95. The van der Waals surface area contributed by atoms with Crippen molar-refractivity contribution >= 4 is 18.3 Å². The summed E-state index contributed by atoms with van der Waals surface area (Å²) >= 11 is 0. The molecule has 3 rings (SSSR count). The second kappa shape index (κ2) is 8.67. The van der Waals surface area contributed by atoms with E-state index in [0.717, 1.165) is 25.7 Å². The zero-order valence-corrected chi connectivity index (χ0v) is 15.9. The summed E-state index contributed by atoms with van der Waals surface area (Å²) in [7, 11) is 1.44. The smallest absolute Gasteiger partial charge is 0.254 e. The molecular formula is C20H23ClF2N2O2. The molecule has 0 unspecified atom stereocenters. The summed E-state index contributed by atoms with van der Waals surface area (Å²) in [5, 5.41) is 2.89. The lowest BCUT2D eigenvalue weighted by Crippen LogP contribution is -2.51. The molecule has 0 atom stereocenters. The first-order valence-corrected chi connectivity index (χ1v) is 8.64. The highest BCUT2D eigenvalue weighted by atomic mass is 35.5. The molecule has 2 aromatic carbocycles. The minimum Gasteiger partial charge on any atom is -0.497 e. The third-order valence-electron chi connectivity index (χ3n) is 5.03. The Kier molecular flexibility index (Phi) is 6.78. The Balaban J connectivity index is 0.00000261. The van der Waals surface area contributed by atoms with Crippen LogP contribution in [0, 0.1) is 11.6 Å². The third kappa shape index (κ3) is 4.39. The maximum absolute atomic E-state index is 14.5. The number of carbonyl (C=O) groups excluding carboxylic acids is 1. The first-order valence-electron chi connectivity index (χ1n) is 8.64. The molecule has 1 amide bonds. The van der Waals surface area contributed by atoms with Crippen molar-refractivity contribution in [2.75, 3.05) is 13.7 Å². The van der Waals surface area contributed by atoms with Crippen molar-refractivity contribution in [3.63, 3.8) is 0 Å². The van der Waals surface area contributed by atoms with Crippen LogP contribution in [0.5, 0.6) is 5.75 Å². The van der Waals surface area contributed by atoms with E-state index in [2.05, 4.69) is 5.32 Å². The van der Waals surface area contributed by atoms with Crippen LogP contribution in [-0.4, -0.2) is 25.1 Å². The van der Waals surface area contributed by atoms with Crippen molar-refractivity contribution in [3.8, 4) is 16.9 Å². The molecule has 3 N–H and O–H groups in total. The van der Waals surface area contributed by atoms with Crippen LogP contribution < -0.4 is 15.8 Å². The normalized spacial score (nSPS) is 15.1. The quantitative estimate of drug-likeness (QED) is 0.800. The molecule has 0 aliphatic heterocycles. The van der Waals surface area contributed by atoms with E-state index in [1.54, 1.807) is 6.07 Å². The van der Waals surface area contributed by atoms with Crippen LogP contribution in [-0.2, 0) is 0 Å². The van der Waals surface area contributed by atoms with Gasteiger partial charge in [-0.25, -0.2) is 8.78 Å². The summed E-state index contributed by atoms with van der Waals surface area (Å²) in [6.07, 6.45) is 3.59. The van der Waals surface area contributed by atoms with Crippen molar-refractivity contribution in [3.05, 3.63) is 53.6 Å². The Morgan fingerprint density at radius 2 is 1.85 bits per heavy atom. The molecule has 0 radical (unpaired) electrons. The molecule has 2 aromatic rings. The fourth-order valence-electron chi connectivity index (χ4n) is 3.46. The van der Waals surface area contributed by atoms with Gasteiger partial charge in [0.15, 0.2) is 0 Å². The fraction of sp³-hybridized carbons (Fsp3) is 0.350. The highest BCUT2D eigenvalue weighted by Gasteiger charge is 2.34. The molecule has 1 fully saturated rings. The van der Waals surface area contributed by atoms with E-state index in [1.165, 1.54) is 37.4 Å². The monoisotopic (exact) mass is 396 g/mol. The number of hydrogen-bond acceptors (Lipinski definition) is 3. The summed E-state index contributed by atoms with van der Waals surface area (Å²) < 4.78 is 33.7. The zero-order chi connectivity index (χ0) is 18.7. The number of benzene rings is 2. The lowest BCUT2D eigenvalue weighted by Gasteiger charge is -2.28. The van der Waals surface area contributed by atoms with E-state index in [-0.39, 0.29) is 23.5 Å². The van der Waals surface area contributed by atoms with Gasteiger partial charge >= 0.3 is 0 Å². The molecule has 146 valence electrons. The molecule has 0 spiro atoms. The molecule has 0 heterocycles. The van der Waals surface area contributed by atoms with Gasteiger partial charge < -0.3 is 15.8 Å². The molecule has 1 aliphatic carbocycles. The average Bonchev–Trinajstić information content (AvgIpc) is 3.10. The molecule has 0 aromatic heterocycles. The van der Waals surface area contributed by atoms with E-state index in [9.17, 15) is 13.6 Å². The molecule has 1 saturated carbocycles. The summed E-state index contributed by atoms with van der Waals surface area (Å²) in [6, 6.07) is 8.44. The molecule has 1 aliphatic rings. The van der Waals surface area contributed by atoms with E-state index in [4.69, 9.17) is 10.5 Å². The number of amides is 1. The molecule has 0 bridgehead atoms. The minimum absolute atomic E-state index is 0. The van der Waals surface area contributed by atoms with Gasteiger partial charge in [0.2, 0.25) is 0 Å². The van der Waals surface area contributed by atoms with E-state index in [1.807, 2.05) is 0 Å². The van der Waals surface area contributed by atoms with Crippen molar-refractivity contribution < 1.29 is 18.3 Å². The van der Waals surface area contributed by atoms with Gasteiger partial charge in [0.1, 0.15) is 17.4 Å². The van der Waals surface area contributed by atoms with E-state index in [0.29, 0.717) is 17.9 Å². The molecule has 27 heavy (non-hydrogen) atoms. The molecular weight excluding hydrogens is 374 g/mol. The first-order chi connectivity index (χ1) is 12.5. The third-order valence-corrected chi connectivity index (χ3v) is 5.03. The Morgan fingerprint density at radius 3 is 2.41 bits per heavy atom. The van der Waals surface area contributed by atoms with Crippen molar-refractivity contribution in [2.24, 2.45) is 5.73 Å². The highest BCUT2D eigenvalue weighted by Crippen LogP contribution is 2.30. The number of nitrogens with two attached hydrogens (primary N) is 1. The van der Waals surface area contributed by atoms with Gasteiger partial charge in [0, 0.05) is 18.2 Å². The maximum atomic E-state index is 14.5. The van der Waals surface area contributed by atoms with Crippen molar-refractivity contribution in [1.29, 1.82) is 0 Å². The Labute approximate surface area is 163 Å². The number of rotatable bonds is 5. The lowest BCUT2D eigenvalue weighted by molar-refractivity contribution is 0.0899. The van der Waals surface area contributed by atoms with Gasteiger partial charge in [-0.2, -0.15) is 0 Å². The number of methoxy groups -OCH3 is 1. The maximum Gasteiger partial charge on any atom is 0.254 e. The van der Waals surface area contributed by atoms with E-state index >= 15 is 0 Å². The van der Waals surface area contributed by atoms with Gasteiger partial charge in [0.05, 0.1) is 18.2 Å². The average molecular weight is 397 g/mol. The predicted molar refractivity (Wildman–Crippen MR) is 103 cm³/mol. The number of halogens is 3. The largest absolute Gasteiger partial charge is 0.497 e. The second-order valence-corrected chi connectivity index (χ2v) is 6.69. The molecule has 4 nitrogen and oxygen atoms in total. The molecule has 7 heteroatoms. The van der Waals surface area contributed by atoms with Crippen LogP contribution in [0.2, 0.25) is 0 Å². The Hall–Kier alpha value is -2.18. The fourth-order valence-corrected chi connectivity index (χ4v) is 3.46. The van der Waals surface area contributed by atoms with Crippen LogP contribution in [0.4, 0.5) is 8.78 Å². The SMILES string of the molecule is COc1ccc(-c2ccc(C(=O)NC3(CN)CCCC3)c(F)c2)c(F)c1.Cl. The van der Waals surface area contributed by atoms with Crippen molar-refractivity contribution in [2.45, 2.75) is 31.2 Å². The Bertz CT molecular complexity index is 824. The van der Waals surface area contributed by atoms with Crippen LogP contribution in [0.25, 0.3) is 11.1 Å². The summed E-state index contributed by atoms with van der Waals surface area (Å²) in [6.45, 7) is 0.329. The number of hydrogen-bond donors (Lipinski definition) is 2. The lowest BCUT2D eigenvalue weighted by atomic mass is 9.96. The summed E-state index contributed by atoms with van der Waals surface area (Å²) in [5.74, 6) is -1.32. The number of carbonyl (C=O) groups is 1. The van der Waals surface area contributed by atoms with Gasteiger partial charge in [-0.05, 0) is 42.7 Å². The summed E-state index contributed by atoms with van der Waals surface area (Å²) in [4.78, 5) is 12.5. The Morgan fingerprint density at radius 1 is 1.15 bits per heavy atom. The van der Waals surface area contributed by atoms with Crippen molar-refractivity contribution in [1.82, 2.24) is 5.32 Å².